The Morgan fingerprint density at radius 3 is 1.66 bits per heavy atom. The van der Waals surface area contributed by atoms with Crippen LogP contribution in [0.3, 0.4) is 0 Å². The summed E-state index contributed by atoms with van der Waals surface area (Å²) in [5.41, 5.74) is 8.36. The second-order valence-electron chi connectivity index (χ2n) is 8.34. The summed E-state index contributed by atoms with van der Waals surface area (Å²) in [5, 5.41) is 2.11. The molecule has 2 heteroatoms. The molecular formula is C33H27NS. The minimum absolute atomic E-state index is 1.14. The molecule has 0 amide bonds. The summed E-state index contributed by atoms with van der Waals surface area (Å²) in [7, 11) is 0. The molecule has 0 unspecified atom stereocenters. The van der Waals surface area contributed by atoms with Crippen molar-refractivity contribution in [3.05, 3.63) is 148 Å². The molecule has 1 heterocycles. The van der Waals surface area contributed by atoms with Crippen molar-refractivity contribution in [3.8, 4) is 0 Å². The summed E-state index contributed by atoms with van der Waals surface area (Å²) < 4.78 is 0. The molecule has 0 atom stereocenters. The largest absolute Gasteiger partial charge is 0.311 e. The molecule has 35 heavy (non-hydrogen) atoms. The zero-order chi connectivity index (χ0) is 23.9. The Labute approximate surface area is 212 Å². The Hall–Kier alpha value is -4.14. The number of rotatable bonds is 7. The van der Waals surface area contributed by atoms with Crippen LogP contribution in [0.15, 0.2) is 121 Å². The van der Waals surface area contributed by atoms with Crippen LogP contribution in [0.4, 0.5) is 17.1 Å². The number of hydrogen-bond donors (Lipinski definition) is 0. The van der Waals surface area contributed by atoms with Gasteiger partial charge in [-0.05, 0) is 83.1 Å². The lowest BCUT2D eigenvalue weighted by Crippen LogP contribution is -2.09. The standard InChI is InChI=1S/C33H27NS/c1-26-28(10-8-11-29(26)21-24-33-16-9-25-35-33)20-17-27-18-22-32(23-19-27)34(30-12-4-2-5-13-30)31-14-6-3-7-15-31/h2-25H,1H3/b20-17+,24-21+. The van der Waals surface area contributed by atoms with E-state index >= 15 is 0 Å². The quantitative estimate of drug-likeness (QED) is 0.214. The van der Waals surface area contributed by atoms with E-state index in [4.69, 9.17) is 0 Å². The third-order valence-corrected chi connectivity index (χ3v) is 6.86. The fourth-order valence-corrected chi connectivity index (χ4v) is 4.73. The van der Waals surface area contributed by atoms with Crippen molar-refractivity contribution in [1.29, 1.82) is 0 Å². The normalized spacial score (nSPS) is 11.3. The predicted octanol–water partition coefficient (Wildman–Crippen LogP) is 9.87. The van der Waals surface area contributed by atoms with Gasteiger partial charge in [0.1, 0.15) is 0 Å². The van der Waals surface area contributed by atoms with E-state index in [0.717, 1.165) is 17.1 Å². The van der Waals surface area contributed by atoms with E-state index in [1.807, 2.05) is 0 Å². The minimum Gasteiger partial charge on any atom is -0.311 e. The average molecular weight is 470 g/mol. The first-order valence-electron chi connectivity index (χ1n) is 11.8. The highest BCUT2D eigenvalue weighted by molar-refractivity contribution is 7.10. The Morgan fingerprint density at radius 2 is 1.09 bits per heavy atom. The summed E-state index contributed by atoms with van der Waals surface area (Å²) in [5.74, 6) is 0. The van der Waals surface area contributed by atoms with E-state index in [2.05, 4.69) is 157 Å². The topological polar surface area (TPSA) is 3.24 Å². The second kappa shape index (κ2) is 10.9. The van der Waals surface area contributed by atoms with Gasteiger partial charge in [-0.15, -0.1) is 11.3 Å². The first-order valence-corrected chi connectivity index (χ1v) is 12.7. The van der Waals surface area contributed by atoms with Gasteiger partial charge in [0, 0.05) is 21.9 Å². The summed E-state index contributed by atoms with van der Waals surface area (Å²) in [6.45, 7) is 2.19. The van der Waals surface area contributed by atoms with E-state index in [-0.39, 0.29) is 0 Å². The lowest BCUT2D eigenvalue weighted by molar-refractivity contribution is 1.28. The number of thiophene rings is 1. The molecule has 1 nitrogen and oxygen atoms in total. The maximum atomic E-state index is 2.28. The molecule has 0 saturated carbocycles. The summed E-state index contributed by atoms with van der Waals surface area (Å²) in [6.07, 6.45) is 8.78. The molecule has 0 aliphatic heterocycles. The van der Waals surface area contributed by atoms with E-state index in [0.29, 0.717) is 0 Å². The van der Waals surface area contributed by atoms with Crippen molar-refractivity contribution in [2.45, 2.75) is 6.92 Å². The second-order valence-corrected chi connectivity index (χ2v) is 9.32. The fraction of sp³-hybridized carbons (Fsp3) is 0.0303. The Kier molecular flexibility index (Phi) is 7.02. The number of anilines is 3. The molecular weight excluding hydrogens is 442 g/mol. The SMILES string of the molecule is Cc1c(/C=C/c2ccc(N(c3ccccc3)c3ccccc3)cc2)cccc1/C=C/c1cccs1. The number of para-hydroxylation sites is 2. The number of hydrogen-bond acceptors (Lipinski definition) is 2. The van der Waals surface area contributed by atoms with Crippen molar-refractivity contribution in [3.63, 3.8) is 0 Å². The smallest absolute Gasteiger partial charge is 0.0462 e. The maximum Gasteiger partial charge on any atom is 0.0462 e. The van der Waals surface area contributed by atoms with Crippen LogP contribution in [0.5, 0.6) is 0 Å². The Bertz CT molecular complexity index is 1370. The zero-order valence-electron chi connectivity index (χ0n) is 19.7. The molecule has 0 saturated heterocycles. The van der Waals surface area contributed by atoms with Crippen LogP contribution in [0.2, 0.25) is 0 Å². The lowest BCUT2D eigenvalue weighted by atomic mass is 10.0. The molecule has 5 aromatic rings. The molecule has 0 fully saturated rings. The van der Waals surface area contributed by atoms with Crippen molar-refractivity contribution < 1.29 is 0 Å². The van der Waals surface area contributed by atoms with Crippen LogP contribution in [0, 0.1) is 6.92 Å². The van der Waals surface area contributed by atoms with Gasteiger partial charge in [-0.1, -0.05) is 91.0 Å². The summed E-state index contributed by atoms with van der Waals surface area (Å²) >= 11 is 1.76. The summed E-state index contributed by atoms with van der Waals surface area (Å²) in [6, 6.07) is 40.4. The number of benzene rings is 4. The van der Waals surface area contributed by atoms with Crippen molar-refractivity contribution >= 4 is 52.7 Å². The highest BCUT2D eigenvalue weighted by Crippen LogP contribution is 2.34. The van der Waals surface area contributed by atoms with E-state index in [9.17, 15) is 0 Å². The molecule has 0 aliphatic carbocycles. The van der Waals surface area contributed by atoms with Crippen molar-refractivity contribution in [2.75, 3.05) is 4.90 Å². The van der Waals surface area contributed by atoms with Crippen molar-refractivity contribution in [1.82, 2.24) is 0 Å². The third kappa shape index (κ3) is 5.51. The van der Waals surface area contributed by atoms with E-state index in [1.165, 1.54) is 27.1 Å². The molecule has 0 N–H and O–H groups in total. The molecule has 0 bridgehead atoms. The van der Waals surface area contributed by atoms with Gasteiger partial charge in [0.15, 0.2) is 0 Å². The Balaban J connectivity index is 1.38. The van der Waals surface area contributed by atoms with Crippen LogP contribution < -0.4 is 4.90 Å². The van der Waals surface area contributed by atoms with Crippen LogP contribution in [-0.2, 0) is 0 Å². The molecule has 4 aromatic carbocycles. The molecule has 0 spiro atoms. The first-order chi connectivity index (χ1) is 17.3. The lowest BCUT2D eigenvalue weighted by Gasteiger charge is -2.25. The number of nitrogens with zero attached hydrogens (tertiary/aromatic N) is 1. The monoisotopic (exact) mass is 469 g/mol. The summed E-state index contributed by atoms with van der Waals surface area (Å²) in [4.78, 5) is 3.55. The van der Waals surface area contributed by atoms with Crippen LogP contribution in [0.25, 0.3) is 24.3 Å². The van der Waals surface area contributed by atoms with Gasteiger partial charge in [-0.3, -0.25) is 0 Å². The van der Waals surface area contributed by atoms with Gasteiger partial charge in [-0.2, -0.15) is 0 Å². The minimum atomic E-state index is 1.14. The van der Waals surface area contributed by atoms with Gasteiger partial charge in [0.25, 0.3) is 0 Å². The zero-order valence-corrected chi connectivity index (χ0v) is 20.5. The van der Waals surface area contributed by atoms with Gasteiger partial charge in [0.05, 0.1) is 0 Å². The van der Waals surface area contributed by atoms with Crippen LogP contribution in [-0.4, -0.2) is 0 Å². The Morgan fingerprint density at radius 1 is 0.514 bits per heavy atom. The van der Waals surface area contributed by atoms with Crippen LogP contribution >= 0.6 is 11.3 Å². The van der Waals surface area contributed by atoms with Gasteiger partial charge >= 0.3 is 0 Å². The highest BCUT2D eigenvalue weighted by atomic mass is 32.1. The van der Waals surface area contributed by atoms with E-state index < -0.39 is 0 Å². The highest BCUT2D eigenvalue weighted by Gasteiger charge is 2.11. The van der Waals surface area contributed by atoms with Gasteiger partial charge in [0.2, 0.25) is 0 Å². The molecule has 1 aromatic heterocycles. The molecule has 170 valence electrons. The fourth-order valence-electron chi connectivity index (χ4n) is 4.11. The molecule has 0 radical (unpaired) electrons. The first kappa shape index (κ1) is 22.6. The van der Waals surface area contributed by atoms with E-state index in [1.54, 1.807) is 11.3 Å². The van der Waals surface area contributed by atoms with Gasteiger partial charge in [-0.25, -0.2) is 0 Å². The average Bonchev–Trinajstić information content (AvgIpc) is 3.43. The molecule has 0 aliphatic rings. The molecule has 5 rings (SSSR count). The van der Waals surface area contributed by atoms with Crippen molar-refractivity contribution in [2.24, 2.45) is 0 Å². The predicted molar refractivity (Wildman–Crippen MR) is 154 cm³/mol. The third-order valence-electron chi connectivity index (χ3n) is 6.02. The van der Waals surface area contributed by atoms with Crippen LogP contribution in [0.1, 0.15) is 27.1 Å². The maximum absolute atomic E-state index is 2.28. The van der Waals surface area contributed by atoms with Gasteiger partial charge < -0.3 is 4.90 Å².